The molecule has 110 valence electrons. The normalized spacial score (nSPS) is 11.8. The quantitative estimate of drug-likeness (QED) is 0.856. The van der Waals surface area contributed by atoms with Crippen molar-refractivity contribution >= 4 is 5.97 Å². The summed E-state index contributed by atoms with van der Waals surface area (Å²) in [6.45, 7) is 1.98. The molecular weight excluding hydrogens is 270 g/mol. The van der Waals surface area contributed by atoms with Crippen molar-refractivity contribution in [2.75, 3.05) is 7.11 Å². The van der Waals surface area contributed by atoms with Crippen molar-refractivity contribution in [3.8, 4) is 5.75 Å². The summed E-state index contributed by atoms with van der Waals surface area (Å²) in [4.78, 5) is 15.4. The number of methoxy groups -OCH3 is 1. The van der Waals surface area contributed by atoms with Crippen molar-refractivity contribution in [2.24, 2.45) is 0 Å². The molecule has 0 radical (unpaired) electrons. The molecule has 2 rings (SSSR count). The van der Waals surface area contributed by atoms with Crippen LogP contribution in [0.2, 0.25) is 0 Å². The predicted octanol–water partition coefficient (Wildman–Crippen LogP) is 2.50. The van der Waals surface area contributed by atoms with Gasteiger partial charge in [0, 0.05) is 6.20 Å². The highest BCUT2D eigenvalue weighted by Gasteiger charge is 2.06. The van der Waals surface area contributed by atoms with Crippen LogP contribution in [0.4, 0.5) is 0 Å². The number of hydrogen-bond acceptors (Lipinski definition) is 5. The molecule has 1 unspecified atom stereocenters. The van der Waals surface area contributed by atoms with E-state index in [-0.39, 0.29) is 6.61 Å². The molecule has 21 heavy (non-hydrogen) atoms. The van der Waals surface area contributed by atoms with Crippen molar-refractivity contribution < 1.29 is 19.4 Å². The van der Waals surface area contributed by atoms with E-state index in [0.29, 0.717) is 17.0 Å². The van der Waals surface area contributed by atoms with E-state index in [0.717, 1.165) is 5.56 Å². The summed E-state index contributed by atoms with van der Waals surface area (Å²) in [5.41, 5.74) is 1.89. The molecule has 0 aliphatic carbocycles. The predicted molar refractivity (Wildman–Crippen MR) is 77.0 cm³/mol. The third kappa shape index (κ3) is 4.03. The standard InChI is InChI=1S/C16H17NO4/c1-11(18)12-4-3-5-15(8-12)21-10-14-7-6-13(9-17-14)16(19)20-2/h3-9,11,18H,10H2,1-2H3. The summed E-state index contributed by atoms with van der Waals surface area (Å²) >= 11 is 0. The van der Waals surface area contributed by atoms with Gasteiger partial charge < -0.3 is 14.6 Å². The van der Waals surface area contributed by atoms with Gasteiger partial charge in [0.15, 0.2) is 0 Å². The van der Waals surface area contributed by atoms with Crippen molar-refractivity contribution in [3.05, 3.63) is 59.4 Å². The first-order chi connectivity index (χ1) is 10.1. The Morgan fingerprint density at radius 3 is 2.76 bits per heavy atom. The second-order valence-electron chi connectivity index (χ2n) is 4.57. The number of aromatic nitrogens is 1. The van der Waals surface area contributed by atoms with Gasteiger partial charge in [-0.1, -0.05) is 12.1 Å². The van der Waals surface area contributed by atoms with E-state index in [1.807, 2.05) is 18.2 Å². The fourth-order valence-corrected chi connectivity index (χ4v) is 1.77. The molecule has 1 aromatic carbocycles. The summed E-state index contributed by atoms with van der Waals surface area (Å²) in [7, 11) is 1.33. The number of aliphatic hydroxyl groups excluding tert-OH is 1. The highest BCUT2D eigenvalue weighted by Crippen LogP contribution is 2.19. The molecular formula is C16H17NO4. The number of carbonyl (C=O) groups is 1. The average Bonchev–Trinajstić information content (AvgIpc) is 2.53. The SMILES string of the molecule is COC(=O)c1ccc(COc2cccc(C(C)O)c2)nc1. The monoisotopic (exact) mass is 287 g/mol. The van der Waals surface area contributed by atoms with Crippen LogP contribution < -0.4 is 4.74 Å². The number of nitrogens with zero attached hydrogens (tertiary/aromatic N) is 1. The molecule has 1 atom stereocenters. The molecule has 0 saturated heterocycles. The Morgan fingerprint density at radius 1 is 1.33 bits per heavy atom. The van der Waals surface area contributed by atoms with Crippen LogP contribution in [0.3, 0.4) is 0 Å². The van der Waals surface area contributed by atoms with Gasteiger partial charge in [-0.2, -0.15) is 0 Å². The Bertz CT molecular complexity index is 608. The molecule has 0 spiro atoms. The fraction of sp³-hybridized carbons (Fsp3) is 0.250. The molecule has 1 aromatic heterocycles. The highest BCUT2D eigenvalue weighted by molar-refractivity contribution is 5.88. The van der Waals surface area contributed by atoms with Crippen LogP contribution >= 0.6 is 0 Å². The van der Waals surface area contributed by atoms with Crippen LogP contribution in [0.25, 0.3) is 0 Å². The summed E-state index contributed by atoms with van der Waals surface area (Å²) in [5, 5.41) is 9.53. The van der Waals surface area contributed by atoms with Crippen LogP contribution in [0.15, 0.2) is 42.6 Å². The zero-order valence-electron chi connectivity index (χ0n) is 11.9. The number of pyridine rings is 1. The van der Waals surface area contributed by atoms with Crippen molar-refractivity contribution in [1.82, 2.24) is 4.98 Å². The van der Waals surface area contributed by atoms with Gasteiger partial charge in [0.25, 0.3) is 0 Å². The highest BCUT2D eigenvalue weighted by atomic mass is 16.5. The van der Waals surface area contributed by atoms with Gasteiger partial charge in [0.2, 0.25) is 0 Å². The van der Waals surface area contributed by atoms with Crippen LogP contribution in [-0.4, -0.2) is 23.2 Å². The molecule has 2 aromatic rings. The van der Waals surface area contributed by atoms with Crippen molar-refractivity contribution in [3.63, 3.8) is 0 Å². The van der Waals surface area contributed by atoms with Gasteiger partial charge in [0.1, 0.15) is 12.4 Å². The lowest BCUT2D eigenvalue weighted by molar-refractivity contribution is 0.0600. The minimum Gasteiger partial charge on any atom is -0.487 e. The summed E-state index contributed by atoms with van der Waals surface area (Å²) in [6.07, 6.45) is 0.919. The van der Waals surface area contributed by atoms with E-state index in [9.17, 15) is 9.90 Å². The molecule has 0 amide bonds. The number of aliphatic hydroxyl groups is 1. The molecule has 0 aliphatic heterocycles. The Hall–Kier alpha value is -2.40. The summed E-state index contributed by atoms with van der Waals surface area (Å²) in [6, 6.07) is 10.6. The summed E-state index contributed by atoms with van der Waals surface area (Å²) < 4.78 is 10.2. The lowest BCUT2D eigenvalue weighted by atomic mass is 10.1. The molecule has 0 fully saturated rings. The Labute approximate surface area is 123 Å². The van der Waals surface area contributed by atoms with Gasteiger partial charge >= 0.3 is 5.97 Å². The topological polar surface area (TPSA) is 68.7 Å². The second-order valence-corrected chi connectivity index (χ2v) is 4.57. The molecule has 5 nitrogen and oxygen atoms in total. The first kappa shape index (κ1) is 15.0. The first-order valence-corrected chi connectivity index (χ1v) is 6.54. The van der Waals surface area contributed by atoms with Gasteiger partial charge in [-0.3, -0.25) is 4.98 Å². The van der Waals surface area contributed by atoms with Crippen LogP contribution in [0.5, 0.6) is 5.75 Å². The maximum absolute atomic E-state index is 11.3. The van der Waals surface area contributed by atoms with Gasteiger partial charge in [-0.15, -0.1) is 0 Å². The molecule has 0 saturated carbocycles. The molecule has 5 heteroatoms. The van der Waals surface area contributed by atoms with E-state index in [1.165, 1.54) is 13.3 Å². The lowest BCUT2D eigenvalue weighted by Crippen LogP contribution is -2.04. The van der Waals surface area contributed by atoms with E-state index < -0.39 is 12.1 Å². The smallest absolute Gasteiger partial charge is 0.339 e. The third-order valence-corrected chi connectivity index (χ3v) is 2.97. The van der Waals surface area contributed by atoms with Crippen molar-refractivity contribution in [1.29, 1.82) is 0 Å². The maximum Gasteiger partial charge on any atom is 0.339 e. The fourth-order valence-electron chi connectivity index (χ4n) is 1.77. The largest absolute Gasteiger partial charge is 0.487 e. The van der Waals surface area contributed by atoms with E-state index in [2.05, 4.69) is 9.72 Å². The number of esters is 1. The summed E-state index contributed by atoms with van der Waals surface area (Å²) in [5.74, 6) is 0.242. The number of ether oxygens (including phenoxy) is 2. The third-order valence-electron chi connectivity index (χ3n) is 2.97. The zero-order chi connectivity index (χ0) is 15.2. The van der Waals surface area contributed by atoms with E-state index in [4.69, 9.17) is 4.74 Å². The number of hydrogen-bond donors (Lipinski definition) is 1. The lowest BCUT2D eigenvalue weighted by Gasteiger charge is -2.09. The first-order valence-electron chi connectivity index (χ1n) is 6.54. The van der Waals surface area contributed by atoms with Crippen LogP contribution in [-0.2, 0) is 11.3 Å². The molecule has 0 bridgehead atoms. The molecule has 0 aliphatic rings. The second kappa shape index (κ2) is 6.85. The Kier molecular flexibility index (Phi) is 4.90. The Morgan fingerprint density at radius 2 is 2.14 bits per heavy atom. The minimum absolute atomic E-state index is 0.282. The Balaban J connectivity index is 2.00. The minimum atomic E-state index is -0.536. The van der Waals surface area contributed by atoms with Crippen LogP contribution in [0.1, 0.15) is 34.6 Å². The van der Waals surface area contributed by atoms with Gasteiger partial charge in [-0.25, -0.2) is 4.79 Å². The number of rotatable bonds is 5. The number of carbonyl (C=O) groups excluding carboxylic acids is 1. The molecule has 1 heterocycles. The van der Waals surface area contributed by atoms with Gasteiger partial charge in [0.05, 0.1) is 24.5 Å². The number of benzene rings is 1. The van der Waals surface area contributed by atoms with Gasteiger partial charge in [-0.05, 0) is 36.8 Å². The molecule has 1 N–H and O–H groups in total. The van der Waals surface area contributed by atoms with E-state index in [1.54, 1.807) is 25.1 Å². The average molecular weight is 287 g/mol. The zero-order valence-corrected chi connectivity index (χ0v) is 11.9. The maximum atomic E-state index is 11.3. The van der Waals surface area contributed by atoms with E-state index >= 15 is 0 Å². The van der Waals surface area contributed by atoms with Crippen LogP contribution in [0, 0.1) is 0 Å². The van der Waals surface area contributed by atoms with Crippen molar-refractivity contribution in [2.45, 2.75) is 19.6 Å².